The van der Waals surface area contributed by atoms with Gasteiger partial charge < -0.3 is 13.9 Å². The van der Waals surface area contributed by atoms with Gasteiger partial charge in [-0.1, -0.05) is 26.7 Å². The lowest BCUT2D eigenvalue weighted by molar-refractivity contribution is -0.0614. The summed E-state index contributed by atoms with van der Waals surface area (Å²) in [6.45, 7) is 17.6. The number of hydrogen-bond acceptors (Lipinski definition) is 4. The van der Waals surface area contributed by atoms with Crippen LogP contribution in [0.15, 0.2) is 0 Å². The topological polar surface area (TPSA) is 48.0 Å². The molecule has 1 rings (SSSR count). The SMILES string of the molecule is C#CC1CN(C(=O)OC(C)(C)C)C(CO[Si](C)(C)C(C)(C)C)CO1. The number of ether oxygens (including phenoxy) is 2. The number of carbonyl (C=O) groups excluding carboxylic acids is 1. The first-order valence-electron chi connectivity index (χ1n) is 8.48. The van der Waals surface area contributed by atoms with E-state index in [0.717, 1.165) is 0 Å². The van der Waals surface area contributed by atoms with E-state index >= 15 is 0 Å². The van der Waals surface area contributed by atoms with Gasteiger partial charge in [-0.25, -0.2) is 4.79 Å². The van der Waals surface area contributed by atoms with Gasteiger partial charge in [0.2, 0.25) is 0 Å². The Hall–Kier alpha value is -1.03. The summed E-state index contributed by atoms with van der Waals surface area (Å²) in [5, 5.41) is 0.112. The van der Waals surface area contributed by atoms with Crippen molar-refractivity contribution in [3.05, 3.63) is 0 Å². The maximum atomic E-state index is 12.5. The standard InChI is InChI=1S/C18H33NO4Si/c1-10-15-11-19(16(20)23-17(2,3)4)14(12-21-15)13-22-24(8,9)18(5,6)7/h1,14-15H,11-13H2,2-9H3. The van der Waals surface area contributed by atoms with Gasteiger partial charge in [0.15, 0.2) is 8.32 Å². The first-order chi connectivity index (χ1) is 10.8. The Morgan fingerprint density at radius 3 is 2.33 bits per heavy atom. The molecule has 1 saturated heterocycles. The molecule has 0 aromatic rings. The number of rotatable bonds is 3. The second kappa shape index (κ2) is 7.47. The summed E-state index contributed by atoms with van der Waals surface area (Å²) >= 11 is 0. The molecule has 24 heavy (non-hydrogen) atoms. The normalized spacial score (nSPS) is 22.9. The maximum Gasteiger partial charge on any atom is 0.410 e. The molecule has 2 unspecified atom stereocenters. The summed E-state index contributed by atoms with van der Waals surface area (Å²) in [5.74, 6) is 2.56. The molecule has 0 aromatic heterocycles. The van der Waals surface area contributed by atoms with Gasteiger partial charge in [-0.15, -0.1) is 6.42 Å². The van der Waals surface area contributed by atoms with E-state index in [1.165, 1.54) is 0 Å². The predicted octanol–water partition coefficient (Wildman–Crippen LogP) is 3.65. The minimum Gasteiger partial charge on any atom is -0.444 e. The van der Waals surface area contributed by atoms with Gasteiger partial charge in [0.25, 0.3) is 0 Å². The fourth-order valence-corrected chi connectivity index (χ4v) is 3.04. The van der Waals surface area contributed by atoms with Crippen molar-refractivity contribution in [1.82, 2.24) is 4.90 Å². The van der Waals surface area contributed by atoms with Crippen LogP contribution in [0.3, 0.4) is 0 Å². The molecule has 0 spiro atoms. The lowest BCUT2D eigenvalue weighted by Gasteiger charge is -2.42. The van der Waals surface area contributed by atoms with Crippen molar-refractivity contribution >= 4 is 14.4 Å². The van der Waals surface area contributed by atoms with E-state index in [9.17, 15) is 4.79 Å². The molecule has 1 heterocycles. The number of terminal acetylenes is 1. The fourth-order valence-electron chi connectivity index (χ4n) is 2.00. The fraction of sp³-hybridized carbons (Fsp3) is 0.833. The summed E-state index contributed by atoms with van der Waals surface area (Å²) in [4.78, 5) is 14.2. The lowest BCUT2D eigenvalue weighted by atomic mass is 10.2. The van der Waals surface area contributed by atoms with Crippen LogP contribution in [0.5, 0.6) is 0 Å². The van der Waals surface area contributed by atoms with Gasteiger partial charge in [-0.3, -0.25) is 4.90 Å². The zero-order valence-electron chi connectivity index (χ0n) is 16.4. The van der Waals surface area contributed by atoms with Crippen molar-refractivity contribution in [1.29, 1.82) is 0 Å². The van der Waals surface area contributed by atoms with Crippen molar-refractivity contribution in [3.63, 3.8) is 0 Å². The molecule has 0 aliphatic carbocycles. The molecular formula is C18H33NO4Si. The highest BCUT2D eigenvalue weighted by Crippen LogP contribution is 2.36. The summed E-state index contributed by atoms with van der Waals surface area (Å²) in [5.41, 5.74) is -0.550. The molecule has 0 saturated carbocycles. The third kappa shape index (κ3) is 5.80. The zero-order chi connectivity index (χ0) is 18.8. The van der Waals surface area contributed by atoms with Gasteiger partial charge in [-0.05, 0) is 38.9 Å². The van der Waals surface area contributed by atoms with E-state index in [0.29, 0.717) is 19.8 Å². The van der Waals surface area contributed by atoms with Crippen LogP contribution in [-0.4, -0.2) is 56.8 Å². The van der Waals surface area contributed by atoms with Crippen LogP contribution in [0.2, 0.25) is 18.1 Å². The van der Waals surface area contributed by atoms with Crippen molar-refractivity contribution in [2.75, 3.05) is 19.8 Å². The van der Waals surface area contributed by atoms with Crippen LogP contribution in [0, 0.1) is 12.3 Å². The van der Waals surface area contributed by atoms with E-state index in [4.69, 9.17) is 20.3 Å². The minimum absolute atomic E-state index is 0.112. The van der Waals surface area contributed by atoms with E-state index in [1.54, 1.807) is 4.90 Å². The Balaban J connectivity index is 2.82. The molecule has 1 amide bonds. The van der Waals surface area contributed by atoms with Gasteiger partial charge in [-0.2, -0.15) is 0 Å². The number of morpholine rings is 1. The summed E-state index contributed by atoms with van der Waals surface area (Å²) < 4.78 is 17.4. The second-order valence-corrected chi connectivity index (χ2v) is 13.7. The minimum atomic E-state index is -1.90. The summed E-state index contributed by atoms with van der Waals surface area (Å²) in [7, 11) is -1.90. The van der Waals surface area contributed by atoms with E-state index in [-0.39, 0.29) is 17.2 Å². The van der Waals surface area contributed by atoms with Crippen LogP contribution in [0.4, 0.5) is 4.79 Å². The van der Waals surface area contributed by atoms with E-state index in [1.807, 2.05) is 20.8 Å². The second-order valence-electron chi connectivity index (χ2n) is 8.85. The quantitative estimate of drug-likeness (QED) is 0.573. The third-order valence-electron chi connectivity index (χ3n) is 4.55. The molecule has 5 nitrogen and oxygen atoms in total. The highest BCUT2D eigenvalue weighted by Gasteiger charge is 2.40. The highest BCUT2D eigenvalue weighted by molar-refractivity contribution is 6.74. The zero-order valence-corrected chi connectivity index (χ0v) is 17.4. The molecule has 0 N–H and O–H groups in total. The largest absolute Gasteiger partial charge is 0.444 e. The first kappa shape index (κ1) is 21.0. The molecule has 0 radical (unpaired) electrons. The van der Waals surface area contributed by atoms with Crippen LogP contribution in [-0.2, 0) is 13.9 Å². The summed E-state index contributed by atoms with van der Waals surface area (Å²) in [6.07, 6.45) is 4.69. The van der Waals surface area contributed by atoms with Crippen molar-refractivity contribution in [3.8, 4) is 12.3 Å². The average Bonchev–Trinajstić information content (AvgIpc) is 2.42. The molecule has 0 bridgehead atoms. The highest BCUT2D eigenvalue weighted by atomic mass is 28.4. The van der Waals surface area contributed by atoms with Crippen LogP contribution in [0.1, 0.15) is 41.5 Å². The van der Waals surface area contributed by atoms with Crippen LogP contribution < -0.4 is 0 Å². The molecule has 6 heteroatoms. The molecule has 138 valence electrons. The van der Waals surface area contributed by atoms with Gasteiger partial charge >= 0.3 is 6.09 Å². The Morgan fingerprint density at radius 1 is 1.29 bits per heavy atom. The molecule has 1 fully saturated rings. The van der Waals surface area contributed by atoms with Gasteiger partial charge in [0, 0.05) is 0 Å². The van der Waals surface area contributed by atoms with Crippen molar-refractivity contribution in [2.45, 2.75) is 77.4 Å². The number of hydrogen-bond donors (Lipinski definition) is 0. The molecule has 2 atom stereocenters. The molecule has 1 aliphatic heterocycles. The average molecular weight is 356 g/mol. The van der Waals surface area contributed by atoms with E-state index < -0.39 is 20.0 Å². The smallest absolute Gasteiger partial charge is 0.410 e. The first-order valence-corrected chi connectivity index (χ1v) is 11.4. The molecular weight excluding hydrogens is 322 g/mol. The Kier molecular flexibility index (Phi) is 6.54. The van der Waals surface area contributed by atoms with E-state index in [2.05, 4.69) is 39.8 Å². The number of amides is 1. The Bertz CT molecular complexity index is 485. The maximum absolute atomic E-state index is 12.5. The van der Waals surface area contributed by atoms with Crippen molar-refractivity contribution in [2.24, 2.45) is 0 Å². The molecule has 0 aromatic carbocycles. The number of carbonyl (C=O) groups is 1. The monoisotopic (exact) mass is 355 g/mol. The third-order valence-corrected chi connectivity index (χ3v) is 9.05. The Labute approximate surface area is 148 Å². The predicted molar refractivity (Wildman–Crippen MR) is 98.5 cm³/mol. The van der Waals surface area contributed by atoms with Crippen LogP contribution in [0.25, 0.3) is 0 Å². The van der Waals surface area contributed by atoms with Gasteiger partial charge in [0.1, 0.15) is 11.7 Å². The molecule has 1 aliphatic rings. The lowest BCUT2D eigenvalue weighted by Crippen LogP contribution is -2.56. The summed E-state index contributed by atoms with van der Waals surface area (Å²) in [6, 6.07) is -0.182. The number of nitrogens with zero attached hydrogens (tertiary/aromatic N) is 1. The van der Waals surface area contributed by atoms with Crippen molar-refractivity contribution < 1.29 is 18.7 Å². The van der Waals surface area contributed by atoms with Gasteiger partial charge in [0.05, 0.1) is 25.8 Å². The van der Waals surface area contributed by atoms with Crippen LogP contribution >= 0.6 is 0 Å². The Morgan fingerprint density at radius 2 is 1.88 bits per heavy atom.